The van der Waals surface area contributed by atoms with E-state index in [4.69, 9.17) is 5.73 Å². The van der Waals surface area contributed by atoms with Crippen molar-refractivity contribution in [2.45, 2.75) is 32.5 Å². The largest absolute Gasteiger partial charge is 0.340 e. The molecule has 0 aliphatic heterocycles. The SMILES string of the molecule is CCC(N)c1cn(CC(=O)N(C)Cc2ccccc2)nn1. The Hall–Kier alpha value is -2.21. The van der Waals surface area contributed by atoms with Crippen LogP contribution in [0.1, 0.15) is 30.6 Å². The molecule has 0 fully saturated rings. The van der Waals surface area contributed by atoms with E-state index >= 15 is 0 Å². The van der Waals surface area contributed by atoms with Crippen molar-refractivity contribution in [1.82, 2.24) is 19.9 Å². The third kappa shape index (κ3) is 4.13. The molecule has 2 N–H and O–H groups in total. The maximum absolute atomic E-state index is 12.2. The van der Waals surface area contributed by atoms with Crippen LogP contribution in [-0.2, 0) is 17.9 Å². The summed E-state index contributed by atoms with van der Waals surface area (Å²) in [6.45, 7) is 2.74. The summed E-state index contributed by atoms with van der Waals surface area (Å²) >= 11 is 0. The molecule has 1 aromatic carbocycles. The van der Waals surface area contributed by atoms with E-state index in [1.165, 1.54) is 4.68 Å². The van der Waals surface area contributed by atoms with Crippen molar-refractivity contribution in [2.24, 2.45) is 5.73 Å². The first kappa shape index (κ1) is 15.2. The molecular weight excluding hydrogens is 266 g/mol. The smallest absolute Gasteiger partial charge is 0.244 e. The number of likely N-dealkylation sites (N-methyl/N-ethyl adjacent to an activating group) is 1. The monoisotopic (exact) mass is 287 g/mol. The summed E-state index contributed by atoms with van der Waals surface area (Å²) in [5.41, 5.74) is 7.71. The van der Waals surface area contributed by atoms with E-state index in [0.29, 0.717) is 6.54 Å². The zero-order chi connectivity index (χ0) is 15.2. The van der Waals surface area contributed by atoms with E-state index in [-0.39, 0.29) is 18.5 Å². The standard InChI is InChI=1S/C15H21N5O/c1-3-13(16)14-10-20(18-17-14)11-15(21)19(2)9-12-7-5-4-6-8-12/h4-8,10,13H,3,9,11,16H2,1-2H3. The predicted octanol–water partition coefficient (Wildman–Crippen LogP) is 1.35. The highest BCUT2D eigenvalue weighted by atomic mass is 16.2. The molecule has 0 saturated heterocycles. The van der Waals surface area contributed by atoms with E-state index < -0.39 is 0 Å². The fourth-order valence-corrected chi connectivity index (χ4v) is 1.97. The van der Waals surface area contributed by atoms with Gasteiger partial charge in [0.15, 0.2) is 0 Å². The number of amides is 1. The molecule has 21 heavy (non-hydrogen) atoms. The van der Waals surface area contributed by atoms with Crippen molar-refractivity contribution >= 4 is 5.91 Å². The van der Waals surface area contributed by atoms with E-state index in [9.17, 15) is 4.79 Å². The fourth-order valence-electron chi connectivity index (χ4n) is 1.97. The Morgan fingerprint density at radius 2 is 2.10 bits per heavy atom. The van der Waals surface area contributed by atoms with Crippen LogP contribution >= 0.6 is 0 Å². The summed E-state index contributed by atoms with van der Waals surface area (Å²) in [6, 6.07) is 9.75. The minimum absolute atomic E-state index is 0.0135. The second-order valence-electron chi connectivity index (χ2n) is 5.09. The number of rotatable bonds is 6. The van der Waals surface area contributed by atoms with E-state index in [1.807, 2.05) is 37.3 Å². The Kier molecular flexibility index (Phi) is 5.05. The first-order chi connectivity index (χ1) is 10.1. The van der Waals surface area contributed by atoms with Crippen molar-refractivity contribution in [2.75, 3.05) is 7.05 Å². The molecule has 6 heteroatoms. The Bertz CT molecular complexity index is 581. The molecule has 2 aromatic rings. The molecular formula is C15H21N5O. The second kappa shape index (κ2) is 6.99. The third-order valence-electron chi connectivity index (χ3n) is 3.36. The highest BCUT2D eigenvalue weighted by molar-refractivity contribution is 5.75. The molecule has 1 atom stereocenters. The van der Waals surface area contributed by atoms with Crippen LogP contribution in [0.3, 0.4) is 0 Å². The van der Waals surface area contributed by atoms with Gasteiger partial charge in [-0.05, 0) is 12.0 Å². The van der Waals surface area contributed by atoms with Crippen LogP contribution < -0.4 is 5.73 Å². The molecule has 0 spiro atoms. The van der Waals surface area contributed by atoms with Crippen LogP contribution in [-0.4, -0.2) is 32.8 Å². The van der Waals surface area contributed by atoms with Crippen LogP contribution in [0.5, 0.6) is 0 Å². The van der Waals surface area contributed by atoms with Gasteiger partial charge in [0.05, 0.1) is 17.9 Å². The number of carbonyl (C=O) groups excluding carboxylic acids is 1. The maximum Gasteiger partial charge on any atom is 0.244 e. The summed E-state index contributed by atoms with van der Waals surface area (Å²) in [5, 5.41) is 7.95. The lowest BCUT2D eigenvalue weighted by Gasteiger charge is -2.17. The van der Waals surface area contributed by atoms with Gasteiger partial charge in [-0.1, -0.05) is 42.5 Å². The predicted molar refractivity (Wildman–Crippen MR) is 80.2 cm³/mol. The highest BCUT2D eigenvalue weighted by Crippen LogP contribution is 2.09. The van der Waals surface area contributed by atoms with Crippen molar-refractivity contribution in [3.05, 3.63) is 47.8 Å². The van der Waals surface area contributed by atoms with Gasteiger partial charge < -0.3 is 10.6 Å². The molecule has 6 nitrogen and oxygen atoms in total. The quantitative estimate of drug-likeness (QED) is 0.870. The molecule has 1 amide bonds. The van der Waals surface area contributed by atoms with Crippen LogP contribution in [0.2, 0.25) is 0 Å². The van der Waals surface area contributed by atoms with Crippen LogP contribution in [0.4, 0.5) is 0 Å². The molecule has 0 aliphatic carbocycles. The number of nitrogens with two attached hydrogens (primary N) is 1. The van der Waals surface area contributed by atoms with Gasteiger partial charge in [0.1, 0.15) is 6.54 Å². The van der Waals surface area contributed by atoms with Gasteiger partial charge in [0, 0.05) is 13.6 Å². The van der Waals surface area contributed by atoms with Gasteiger partial charge in [-0.3, -0.25) is 4.79 Å². The van der Waals surface area contributed by atoms with E-state index in [1.54, 1.807) is 18.1 Å². The van der Waals surface area contributed by atoms with Gasteiger partial charge in [-0.15, -0.1) is 5.10 Å². The van der Waals surface area contributed by atoms with Gasteiger partial charge in [-0.25, -0.2) is 4.68 Å². The third-order valence-corrected chi connectivity index (χ3v) is 3.36. The zero-order valence-electron chi connectivity index (χ0n) is 12.4. The fraction of sp³-hybridized carbons (Fsp3) is 0.400. The number of hydrogen-bond donors (Lipinski definition) is 1. The second-order valence-corrected chi connectivity index (χ2v) is 5.09. The lowest BCUT2D eigenvalue weighted by Crippen LogP contribution is -2.30. The average molecular weight is 287 g/mol. The summed E-state index contributed by atoms with van der Waals surface area (Å²) in [6.07, 6.45) is 2.53. The van der Waals surface area contributed by atoms with Gasteiger partial charge in [0.2, 0.25) is 5.91 Å². The zero-order valence-corrected chi connectivity index (χ0v) is 12.4. The molecule has 0 saturated carbocycles. The first-order valence-corrected chi connectivity index (χ1v) is 7.03. The maximum atomic E-state index is 12.2. The number of carbonyl (C=O) groups is 1. The number of aromatic nitrogens is 3. The van der Waals surface area contributed by atoms with Crippen molar-refractivity contribution in [1.29, 1.82) is 0 Å². The number of nitrogens with zero attached hydrogens (tertiary/aromatic N) is 4. The Balaban J connectivity index is 1.93. The highest BCUT2D eigenvalue weighted by Gasteiger charge is 2.13. The van der Waals surface area contributed by atoms with Gasteiger partial charge >= 0.3 is 0 Å². The van der Waals surface area contributed by atoms with Crippen LogP contribution in [0, 0.1) is 0 Å². The molecule has 1 heterocycles. The topological polar surface area (TPSA) is 77.0 Å². The Labute approximate surface area is 124 Å². The molecule has 2 rings (SSSR count). The van der Waals surface area contributed by atoms with Crippen LogP contribution in [0.15, 0.2) is 36.5 Å². The lowest BCUT2D eigenvalue weighted by atomic mass is 10.2. The van der Waals surface area contributed by atoms with Crippen molar-refractivity contribution < 1.29 is 4.79 Å². The van der Waals surface area contributed by atoms with E-state index in [2.05, 4.69) is 10.3 Å². The van der Waals surface area contributed by atoms with Gasteiger partial charge in [-0.2, -0.15) is 0 Å². The minimum atomic E-state index is -0.129. The van der Waals surface area contributed by atoms with Crippen molar-refractivity contribution in [3.63, 3.8) is 0 Å². The van der Waals surface area contributed by atoms with Crippen molar-refractivity contribution in [3.8, 4) is 0 Å². The average Bonchev–Trinajstić information content (AvgIpc) is 2.96. The first-order valence-electron chi connectivity index (χ1n) is 7.03. The minimum Gasteiger partial charge on any atom is -0.340 e. The summed E-state index contributed by atoms with van der Waals surface area (Å²) in [4.78, 5) is 13.8. The number of benzene rings is 1. The van der Waals surface area contributed by atoms with Crippen LogP contribution in [0.25, 0.3) is 0 Å². The normalized spacial score (nSPS) is 12.1. The summed E-state index contributed by atoms with van der Waals surface area (Å²) in [7, 11) is 1.78. The molecule has 1 aromatic heterocycles. The molecule has 0 aliphatic rings. The molecule has 0 bridgehead atoms. The molecule has 0 radical (unpaired) electrons. The Morgan fingerprint density at radius 1 is 1.38 bits per heavy atom. The molecule has 1 unspecified atom stereocenters. The van der Waals surface area contributed by atoms with Gasteiger partial charge in [0.25, 0.3) is 0 Å². The van der Waals surface area contributed by atoms with E-state index in [0.717, 1.165) is 17.7 Å². The summed E-state index contributed by atoms with van der Waals surface area (Å²) < 4.78 is 1.54. The lowest BCUT2D eigenvalue weighted by molar-refractivity contribution is -0.131. The molecule has 112 valence electrons. The Morgan fingerprint density at radius 3 is 2.76 bits per heavy atom. The number of hydrogen-bond acceptors (Lipinski definition) is 4. The summed E-state index contributed by atoms with van der Waals surface area (Å²) in [5.74, 6) is -0.0135.